The number of oxazole rings is 1. The Morgan fingerprint density at radius 3 is 2.88 bits per heavy atom. The maximum atomic E-state index is 12.5. The number of imidazole rings is 1. The first-order valence-electron chi connectivity index (χ1n) is 8.35. The van der Waals surface area contributed by atoms with Crippen molar-refractivity contribution in [1.29, 1.82) is 0 Å². The molecule has 1 N–H and O–H groups in total. The van der Waals surface area contributed by atoms with E-state index in [-0.39, 0.29) is 17.8 Å². The van der Waals surface area contributed by atoms with E-state index in [2.05, 4.69) is 15.3 Å². The van der Waals surface area contributed by atoms with Gasteiger partial charge in [-0.1, -0.05) is 12.1 Å². The number of nitrogens with zero attached hydrogens (tertiary/aromatic N) is 4. The molecule has 0 unspecified atom stereocenters. The normalized spacial score (nSPS) is 20.0. The Kier molecular flexibility index (Phi) is 2.97. The van der Waals surface area contributed by atoms with E-state index in [0.717, 1.165) is 35.1 Å². The maximum absolute atomic E-state index is 12.5. The molecular formula is C18H17N5O2. The number of anilines is 1. The van der Waals surface area contributed by atoms with E-state index in [4.69, 9.17) is 4.42 Å². The number of hydrogen-bond donors (Lipinski definition) is 1. The number of rotatable bonds is 3. The van der Waals surface area contributed by atoms with Crippen molar-refractivity contribution >= 4 is 28.3 Å². The van der Waals surface area contributed by atoms with Crippen LogP contribution in [0.3, 0.4) is 0 Å². The van der Waals surface area contributed by atoms with Gasteiger partial charge in [0.05, 0.1) is 5.52 Å². The second-order valence-electron chi connectivity index (χ2n) is 6.51. The summed E-state index contributed by atoms with van der Waals surface area (Å²) in [6, 6.07) is 12.4. The minimum Gasteiger partial charge on any atom is -0.424 e. The lowest BCUT2D eigenvalue weighted by molar-refractivity contribution is 0.277. The molecule has 1 aliphatic rings. The Balaban J connectivity index is 1.37. The van der Waals surface area contributed by atoms with Gasteiger partial charge in [0.25, 0.3) is 6.01 Å². The van der Waals surface area contributed by atoms with Crippen molar-refractivity contribution in [2.75, 3.05) is 5.32 Å². The molecule has 1 aromatic carbocycles. The molecule has 3 aromatic heterocycles. The number of fused-ring (bicyclic) bond motifs is 2. The highest BCUT2D eigenvalue weighted by Crippen LogP contribution is 2.35. The van der Waals surface area contributed by atoms with Crippen molar-refractivity contribution in [2.45, 2.75) is 24.9 Å². The summed E-state index contributed by atoms with van der Waals surface area (Å²) in [7, 11) is 1.79. The SMILES string of the molecule is Cn1c(=O)n(C2CC(Nc3nc4ccccc4o3)C2)c2ncccc21. The van der Waals surface area contributed by atoms with Gasteiger partial charge in [0, 0.05) is 25.3 Å². The summed E-state index contributed by atoms with van der Waals surface area (Å²) >= 11 is 0. The summed E-state index contributed by atoms with van der Waals surface area (Å²) < 4.78 is 9.17. The van der Waals surface area contributed by atoms with Crippen LogP contribution in [0.2, 0.25) is 0 Å². The number of pyridine rings is 1. The molecule has 5 rings (SSSR count). The van der Waals surface area contributed by atoms with E-state index in [1.54, 1.807) is 22.4 Å². The van der Waals surface area contributed by atoms with Gasteiger partial charge in [-0.05, 0) is 37.1 Å². The number of hydrogen-bond acceptors (Lipinski definition) is 5. The zero-order valence-electron chi connectivity index (χ0n) is 13.7. The van der Waals surface area contributed by atoms with Gasteiger partial charge >= 0.3 is 5.69 Å². The van der Waals surface area contributed by atoms with Crippen molar-refractivity contribution in [1.82, 2.24) is 19.1 Å². The highest BCUT2D eigenvalue weighted by Gasteiger charge is 2.34. The average molecular weight is 335 g/mol. The van der Waals surface area contributed by atoms with E-state index < -0.39 is 0 Å². The summed E-state index contributed by atoms with van der Waals surface area (Å²) in [6.07, 6.45) is 3.41. The van der Waals surface area contributed by atoms with Gasteiger partial charge in [-0.3, -0.25) is 9.13 Å². The molecule has 4 aromatic rings. The molecule has 1 aliphatic carbocycles. The van der Waals surface area contributed by atoms with Crippen molar-refractivity contribution < 1.29 is 4.42 Å². The molecule has 25 heavy (non-hydrogen) atoms. The largest absolute Gasteiger partial charge is 0.424 e. The molecule has 0 amide bonds. The third-order valence-corrected chi connectivity index (χ3v) is 4.95. The molecule has 1 saturated carbocycles. The van der Waals surface area contributed by atoms with Crippen molar-refractivity contribution in [3.63, 3.8) is 0 Å². The van der Waals surface area contributed by atoms with Crippen LogP contribution in [-0.4, -0.2) is 25.1 Å². The standard InChI is InChI=1S/C18H17N5O2/c1-22-14-6-4-8-19-16(14)23(18(22)24)12-9-11(10-12)20-17-21-13-5-2-3-7-15(13)25-17/h2-8,11-12H,9-10H2,1H3,(H,20,21). The lowest BCUT2D eigenvalue weighted by Crippen LogP contribution is -2.41. The molecule has 0 atom stereocenters. The predicted octanol–water partition coefficient (Wildman–Crippen LogP) is 2.69. The van der Waals surface area contributed by atoms with Gasteiger partial charge in [-0.2, -0.15) is 4.98 Å². The lowest BCUT2D eigenvalue weighted by Gasteiger charge is -2.35. The molecule has 3 heterocycles. The molecule has 7 nitrogen and oxygen atoms in total. The molecule has 0 spiro atoms. The fourth-order valence-electron chi connectivity index (χ4n) is 3.55. The number of aromatic nitrogens is 4. The lowest BCUT2D eigenvalue weighted by atomic mass is 9.86. The van der Waals surface area contributed by atoms with E-state index in [1.807, 2.05) is 36.4 Å². The van der Waals surface area contributed by atoms with Crippen LogP contribution in [0.15, 0.2) is 51.8 Å². The van der Waals surface area contributed by atoms with Crippen molar-refractivity contribution in [3.8, 4) is 0 Å². The molecule has 0 aliphatic heterocycles. The third-order valence-electron chi connectivity index (χ3n) is 4.95. The number of nitrogens with one attached hydrogen (secondary N) is 1. The van der Waals surface area contributed by atoms with Crippen LogP contribution in [-0.2, 0) is 7.05 Å². The molecule has 7 heteroatoms. The summed E-state index contributed by atoms with van der Waals surface area (Å²) in [5, 5.41) is 3.32. The van der Waals surface area contributed by atoms with E-state index in [9.17, 15) is 4.79 Å². The van der Waals surface area contributed by atoms with Crippen LogP contribution in [0.4, 0.5) is 6.01 Å². The van der Waals surface area contributed by atoms with Crippen LogP contribution >= 0.6 is 0 Å². The molecule has 1 fully saturated rings. The van der Waals surface area contributed by atoms with Gasteiger partial charge in [0.15, 0.2) is 11.2 Å². The Morgan fingerprint density at radius 1 is 1.20 bits per heavy atom. The summed E-state index contributed by atoms with van der Waals surface area (Å²) in [4.78, 5) is 21.4. The molecule has 0 radical (unpaired) electrons. The topological polar surface area (TPSA) is 77.9 Å². The van der Waals surface area contributed by atoms with Crippen molar-refractivity contribution in [2.24, 2.45) is 7.05 Å². The number of para-hydroxylation sites is 2. The van der Waals surface area contributed by atoms with E-state index >= 15 is 0 Å². The summed E-state index contributed by atoms with van der Waals surface area (Å²) in [5.41, 5.74) is 3.22. The van der Waals surface area contributed by atoms with Gasteiger partial charge in [0.1, 0.15) is 5.52 Å². The van der Waals surface area contributed by atoms with Gasteiger partial charge in [0.2, 0.25) is 0 Å². The summed E-state index contributed by atoms with van der Waals surface area (Å²) in [6.45, 7) is 0. The minimum atomic E-state index is -0.0148. The molecule has 0 saturated heterocycles. The Bertz CT molecular complexity index is 1100. The second-order valence-corrected chi connectivity index (χ2v) is 6.51. The van der Waals surface area contributed by atoms with E-state index in [1.165, 1.54) is 0 Å². The quantitative estimate of drug-likeness (QED) is 0.623. The van der Waals surface area contributed by atoms with Gasteiger partial charge in [-0.25, -0.2) is 9.78 Å². The van der Waals surface area contributed by atoms with Crippen LogP contribution in [0.5, 0.6) is 0 Å². The van der Waals surface area contributed by atoms with Crippen molar-refractivity contribution in [3.05, 3.63) is 53.1 Å². The van der Waals surface area contributed by atoms with Gasteiger partial charge in [-0.15, -0.1) is 0 Å². The Hall–Kier alpha value is -3.09. The fourth-order valence-corrected chi connectivity index (χ4v) is 3.55. The molecular weight excluding hydrogens is 318 g/mol. The number of benzene rings is 1. The first kappa shape index (κ1) is 14.3. The van der Waals surface area contributed by atoms with Crippen LogP contribution in [0.1, 0.15) is 18.9 Å². The minimum absolute atomic E-state index is 0.0148. The molecule has 0 bridgehead atoms. The van der Waals surface area contributed by atoms with Gasteiger partial charge < -0.3 is 9.73 Å². The van der Waals surface area contributed by atoms with E-state index in [0.29, 0.717) is 6.01 Å². The maximum Gasteiger partial charge on any atom is 0.330 e. The average Bonchev–Trinajstić information content (AvgIpc) is 3.11. The highest BCUT2D eigenvalue weighted by atomic mass is 16.4. The Morgan fingerprint density at radius 2 is 2.04 bits per heavy atom. The highest BCUT2D eigenvalue weighted by molar-refractivity contribution is 5.74. The first-order chi connectivity index (χ1) is 12.2. The second kappa shape index (κ2) is 5.20. The third kappa shape index (κ3) is 2.15. The monoisotopic (exact) mass is 335 g/mol. The summed E-state index contributed by atoms with van der Waals surface area (Å²) in [5.74, 6) is 0. The fraction of sp³-hybridized carbons (Fsp3) is 0.278. The molecule has 126 valence electrons. The predicted molar refractivity (Wildman–Crippen MR) is 94.7 cm³/mol. The smallest absolute Gasteiger partial charge is 0.330 e. The first-order valence-corrected chi connectivity index (χ1v) is 8.35. The van der Waals surface area contributed by atoms with Crippen LogP contribution in [0, 0.1) is 0 Å². The zero-order valence-corrected chi connectivity index (χ0v) is 13.7. The number of aryl methyl sites for hydroxylation is 1. The van der Waals surface area contributed by atoms with Crippen LogP contribution in [0.25, 0.3) is 22.3 Å². The zero-order chi connectivity index (χ0) is 17.0. The van der Waals surface area contributed by atoms with Crippen LogP contribution < -0.4 is 11.0 Å². The Labute approximate surface area is 142 Å².